The molecular formula is C20H17ClF3N5O4. The summed E-state index contributed by atoms with van der Waals surface area (Å²) in [6.45, 7) is -0.861. The van der Waals surface area contributed by atoms with E-state index in [1.807, 2.05) is 5.32 Å². The zero-order valence-corrected chi connectivity index (χ0v) is 17.9. The van der Waals surface area contributed by atoms with E-state index in [4.69, 9.17) is 11.6 Å². The van der Waals surface area contributed by atoms with Crippen molar-refractivity contribution in [3.63, 3.8) is 0 Å². The smallest absolute Gasteiger partial charge is 0.280 e. The third-order valence-corrected chi connectivity index (χ3v) is 5.58. The molecule has 0 bridgehead atoms. The number of amides is 2. The first-order valence-electron chi connectivity index (χ1n) is 9.72. The molecule has 174 valence electrons. The Balaban J connectivity index is 1.95. The van der Waals surface area contributed by atoms with Gasteiger partial charge in [0.15, 0.2) is 17.1 Å². The van der Waals surface area contributed by atoms with Crippen molar-refractivity contribution in [2.45, 2.75) is 19.5 Å². The molecule has 0 aliphatic carbocycles. The number of nitrogens with zero attached hydrogens (tertiary/aromatic N) is 4. The van der Waals surface area contributed by atoms with Crippen LogP contribution in [-0.4, -0.2) is 62.7 Å². The van der Waals surface area contributed by atoms with Crippen LogP contribution in [0.25, 0.3) is 10.9 Å². The minimum atomic E-state index is -2.83. The normalized spacial score (nSPS) is 13.6. The number of aromatic nitrogens is 3. The van der Waals surface area contributed by atoms with Crippen molar-refractivity contribution < 1.29 is 27.9 Å². The lowest BCUT2D eigenvalue weighted by molar-refractivity contribution is 0.0746. The number of fused-ring (bicyclic) bond motifs is 3. The molecule has 0 fully saturated rings. The Hall–Kier alpha value is -3.54. The van der Waals surface area contributed by atoms with Gasteiger partial charge in [-0.25, -0.2) is 17.9 Å². The summed E-state index contributed by atoms with van der Waals surface area (Å²) in [6, 6.07) is 3.69. The molecule has 2 aromatic heterocycles. The van der Waals surface area contributed by atoms with Gasteiger partial charge in [0.1, 0.15) is 11.2 Å². The highest BCUT2D eigenvalue weighted by Gasteiger charge is 2.34. The van der Waals surface area contributed by atoms with Gasteiger partial charge in [0.25, 0.3) is 23.8 Å². The van der Waals surface area contributed by atoms with Crippen LogP contribution in [0.4, 0.5) is 13.2 Å². The van der Waals surface area contributed by atoms with E-state index in [0.29, 0.717) is 5.56 Å². The third-order valence-electron chi connectivity index (χ3n) is 5.29. The lowest BCUT2D eigenvalue weighted by Crippen LogP contribution is -2.37. The molecule has 0 saturated carbocycles. The highest BCUT2D eigenvalue weighted by molar-refractivity contribution is 6.30. The SMILES string of the molecule is CN1CCn2c(c(O)c3c(=O)n(Cc4ccc(F)c(Cl)c4)nc(C(=O)NCC(F)F)c32)C1=O. The minimum absolute atomic E-state index is 0.130. The van der Waals surface area contributed by atoms with Crippen LogP contribution in [0, 0.1) is 5.82 Å². The number of aromatic hydroxyl groups is 1. The van der Waals surface area contributed by atoms with Gasteiger partial charge in [0, 0.05) is 20.1 Å². The Morgan fingerprint density at radius 3 is 2.70 bits per heavy atom. The quantitative estimate of drug-likeness (QED) is 0.575. The molecule has 4 rings (SSSR count). The van der Waals surface area contributed by atoms with E-state index in [-0.39, 0.29) is 41.3 Å². The van der Waals surface area contributed by atoms with Crippen molar-refractivity contribution in [3.8, 4) is 5.75 Å². The van der Waals surface area contributed by atoms with Gasteiger partial charge < -0.3 is 19.9 Å². The second-order valence-electron chi connectivity index (χ2n) is 7.46. The van der Waals surface area contributed by atoms with E-state index in [0.717, 1.165) is 10.7 Å². The molecule has 13 heteroatoms. The molecule has 0 atom stereocenters. The number of likely N-dealkylation sites (N-methyl/N-ethyl adjacent to an activating group) is 1. The Morgan fingerprint density at radius 1 is 1.30 bits per heavy atom. The van der Waals surface area contributed by atoms with Crippen LogP contribution in [0.15, 0.2) is 23.0 Å². The van der Waals surface area contributed by atoms with E-state index in [2.05, 4.69) is 5.10 Å². The van der Waals surface area contributed by atoms with Crippen LogP contribution < -0.4 is 10.9 Å². The fourth-order valence-electron chi connectivity index (χ4n) is 3.69. The van der Waals surface area contributed by atoms with Crippen molar-refractivity contribution in [3.05, 3.63) is 56.3 Å². The molecule has 3 heterocycles. The number of nitrogens with one attached hydrogen (secondary N) is 1. The van der Waals surface area contributed by atoms with Crippen molar-refractivity contribution in [1.29, 1.82) is 0 Å². The Morgan fingerprint density at radius 2 is 2.03 bits per heavy atom. The lowest BCUT2D eigenvalue weighted by Gasteiger charge is -2.25. The van der Waals surface area contributed by atoms with Crippen molar-refractivity contribution in [2.24, 2.45) is 0 Å². The molecule has 0 spiro atoms. The predicted octanol–water partition coefficient (Wildman–Crippen LogP) is 1.82. The standard InChI is InChI=1S/C20H17ClF3N5O4/c1-27-4-5-28-15-13(17(30)16(28)20(27)33)19(32)29(8-9-2-3-11(22)10(21)6-9)26-14(15)18(31)25-7-12(23)24/h2-3,6,12,30H,4-5,7-8H2,1H3,(H,25,31). The Bertz CT molecular complexity index is 1350. The average Bonchev–Trinajstić information content (AvgIpc) is 3.07. The van der Waals surface area contributed by atoms with Gasteiger partial charge in [-0.3, -0.25) is 14.4 Å². The van der Waals surface area contributed by atoms with Crippen LogP contribution in [0.1, 0.15) is 26.5 Å². The molecule has 1 aliphatic rings. The van der Waals surface area contributed by atoms with Gasteiger partial charge in [-0.15, -0.1) is 0 Å². The largest absolute Gasteiger partial charge is 0.505 e. The van der Waals surface area contributed by atoms with Crippen molar-refractivity contribution in [2.75, 3.05) is 20.1 Å². The maximum atomic E-state index is 13.5. The van der Waals surface area contributed by atoms with Crippen LogP contribution >= 0.6 is 11.6 Å². The molecule has 3 aromatic rings. The molecule has 9 nitrogen and oxygen atoms in total. The number of hydrogen-bond donors (Lipinski definition) is 2. The topological polar surface area (TPSA) is 109 Å². The minimum Gasteiger partial charge on any atom is -0.505 e. The van der Waals surface area contributed by atoms with Gasteiger partial charge in [-0.05, 0) is 17.7 Å². The highest BCUT2D eigenvalue weighted by atomic mass is 35.5. The van der Waals surface area contributed by atoms with Gasteiger partial charge in [-0.1, -0.05) is 17.7 Å². The van der Waals surface area contributed by atoms with E-state index < -0.39 is 47.6 Å². The van der Waals surface area contributed by atoms with Gasteiger partial charge in [0.05, 0.1) is 23.6 Å². The molecule has 33 heavy (non-hydrogen) atoms. The summed E-state index contributed by atoms with van der Waals surface area (Å²) in [5, 5.41) is 16.3. The zero-order chi connectivity index (χ0) is 24.0. The fourth-order valence-corrected chi connectivity index (χ4v) is 3.90. The van der Waals surface area contributed by atoms with Crippen molar-refractivity contribution in [1.82, 2.24) is 24.6 Å². The first-order valence-corrected chi connectivity index (χ1v) is 10.1. The summed E-state index contributed by atoms with van der Waals surface area (Å²) in [6.07, 6.45) is -2.83. The second kappa shape index (κ2) is 8.43. The van der Waals surface area contributed by atoms with Gasteiger partial charge in [0.2, 0.25) is 0 Å². The molecule has 1 aliphatic heterocycles. The molecule has 1 aromatic carbocycles. The highest BCUT2D eigenvalue weighted by Crippen LogP contribution is 2.34. The van der Waals surface area contributed by atoms with E-state index >= 15 is 0 Å². The number of halogens is 4. The van der Waals surface area contributed by atoms with E-state index in [1.54, 1.807) is 0 Å². The number of rotatable bonds is 5. The molecule has 0 radical (unpaired) electrons. The molecule has 0 saturated heterocycles. The molecule has 2 amide bonds. The van der Waals surface area contributed by atoms with Crippen molar-refractivity contribution >= 4 is 34.3 Å². The first-order chi connectivity index (χ1) is 15.6. The van der Waals surface area contributed by atoms with Gasteiger partial charge >= 0.3 is 0 Å². The van der Waals surface area contributed by atoms with E-state index in [9.17, 15) is 32.7 Å². The molecular weight excluding hydrogens is 467 g/mol. The first kappa shape index (κ1) is 22.6. The summed E-state index contributed by atoms with van der Waals surface area (Å²) < 4.78 is 40.9. The number of alkyl halides is 2. The average molecular weight is 484 g/mol. The Labute approximate surface area is 189 Å². The fraction of sp³-hybridized carbons (Fsp3) is 0.300. The lowest BCUT2D eigenvalue weighted by atomic mass is 10.2. The summed E-state index contributed by atoms with van der Waals surface area (Å²) in [4.78, 5) is 39.9. The second-order valence-corrected chi connectivity index (χ2v) is 7.87. The maximum Gasteiger partial charge on any atom is 0.280 e. The van der Waals surface area contributed by atoms with Crippen LogP contribution in [0.5, 0.6) is 5.75 Å². The summed E-state index contributed by atoms with van der Waals surface area (Å²) >= 11 is 5.79. The summed E-state index contributed by atoms with van der Waals surface area (Å²) in [7, 11) is 1.51. The number of carbonyl (C=O) groups excluding carboxylic acids is 2. The monoisotopic (exact) mass is 483 g/mol. The number of carbonyl (C=O) groups is 2. The third kappa shape index (κ3) is 3.90. The molecule has 2 N–H and O–H groups in total. The van der Waals surface area contributed by atoms with Crippen LogP contribution in [0.2, 0.25) is 5.02 Å². The van der Waals surface area contributed by atoms with Crippen LogP contribution in [-0.2, 0) is 13.1 Å². The zero-order valence-electron chi connectivity index (χ0n) is 17.1. The number of benzene rings is 1. The number of hydrogen-bond acceptors (Lipinski definition) is 5. The molecule has 0 unspecified atom stereocenters. The van der Waals surface area contributed by atoms with Crippen LogP contribution in [0.3, 0.4) is 0 Å². The predicted molar refractivity (Wildman–Crippen MR) is 111 cm³/mol. The van der Waals surface area contributed by atoms with E-state index in [1.165, 1.54) is 28.6 Å². The summed E-state index contributed by atoms with van der Waals surface area (Å²) in [5.74, 6) is -2.91. The summed E-state index contributed by atoms with van der Waals surface area (Å²) in [5.41, 5.74) is -1.23. The van der Waals surface area contributed by atoms with Gasteiger partial charge in [-0.2, -0.15) is 5.10 Å². The Kier molecular flexibility index (Phi) is 5.78. The maximum absolute atomic E-state index is 13.5.